The van der Waals surface area contributed by atoms with Crippen LogP contribution in [0.2, 0.25) is 0 Å². The van der Waals surface area contributed by atoms with E-state index in [4.69, 9.17) is 4.74 Å². The number of rotatable bonds is 7. The van der Waals surface area contributed by atoms with Crippen LogP contribution >= 0.6 is 0 Å². The summed E-state index contributed by atoms with van der Waals surface area (Å²) in [6.07, 6.45) is 2.65. The number of carbonyl (C=O) groups excluding carboxylic acids is 1. The third-order valence-electron chi connectivity index (χ3n) is 7.11. The SMILES string of the molecule is COc1cc(N2CCN(C)CC2)ccc1Nc1cc(Nc2cccc3c2N(C(=O)C(C)C)CC3)ccn1. The second-order valence-electron chi connectivity index (χ2n) is 10.1. The molecule has 8 nitrogen and oxygen atoms in total. The normalized spacial score (nSPS) is 15.6. The number of pyridine rings is 1. The Balaban J connectivity index is 1.34. The van der Waals surface area contributed by atoms with Gasteiger partial charge < -0.3 is 30.1 Å². The Hall–Kier alpha value is -3.78. The molecule has 0 spiro atoms. The van der Waals surface area contributed by atoms with E-state index in [2.05, 4.69) is 50.7 Å². The smallest absolute Gasteiger partial charge is 0.229 e. The summed E-state index contributed by atoms with van der Waals surface area (Å²) in [7, 11) is 3.85. The summed E-state index contributed by atoms with van der Waals surface area (Å²) in [5.41, 5.74) is 6.01. The number of hydrogen-bond donors (Lipinski definition) is 2. The number of anilines is 6. The third kappa shape index (κ3) is 5.34. The number of benzene rings is 2. The number of piperazine rings is 1. The number of nitrogens with one attached hydrogen (secondary N) is 2. The Labute approximate surface area is 219 Å². The lowest BCUT2D eigenvalue weighted by atomic mass is 10.1. The largest absolute Gasteiger partial charge is 0.494 e. The molecular weight excluding hydrogens is 464 g/mol. The van der Waals surface area contributed by atoms with Gasteiger partial charge in [0.1, 0.15) is 11.6 Å². The Bertz CT molecular complexity index is 1270. The van der Waals surface area contributed by atoms with Gasteiger partial charge in [-0.25, -0.2) is 4.98 Å². The van der Waals surface area contributed by atoms with Crippen molar-refractivity contribution >= 4 is 40.2 Å². The van der Waals surface area contributed by atoms with E-state index in [0.29, 0.717) is 5.82 Å². The quantitative estimate of drug-likeness (QED) is 0.479. The van der Waals surface area contributed by atoms with Crippen molar-refractivity contribution in [1.82, 2.24) is 9.88 Å². The molecule has 2 aliphatic rings. The van der Waals surface area contributed by atoms with Crippen molar-refractivity contribution in [3.63, 3.8) is 0 Å². The lowest BCUT2D eigenvalue weighted by molar-refractivity contribution is -0.121. The Morgan fingerprint density at radius 2 is 1.78 bits per heavy atom. The highest BCUT2D eigenvalue weighted by molar-refractivity contribution is 6.00. The van der Waals surface area contributed by atoms with E-state index in [1.54, 1.807) is 13.3 Å². The molecular formula is C29H36N6O2. The van der Waals surface area contributed by atoms with Crippen molar-refractivity contribution in [1.29, 1.82) is 0 Å². The number of fused-ring (bicyclic) bond motifs is 1. The molecule has 1 aromatic heterocycles. The molecule has 37 heavy (non-hydrogen) atoms. The average molecular weight is 501 g/mol. The van der Waals surface area contributed by atoms with Crippen molar-refractivity contribution in [3.05, 3.63) is 60.3 Å². The molecule has 3 heterocycles. The second-order valence-corrected chi connectivity index (χ2v) is 10.1. The van der Waals surface area contributed by atoms with Gasteiger partial charge in [0.15, 0.2) is 0 Å². The van der Waals surface area contributed by atoms with Crippen LogP contribution in [0.25, 0.3) is 0 Å². The second kappa shape index (κ2) is 10.7. The van der Waals surface area contributed by atoms with E-state index in [9.17, 15) is 4.79 Å². The number of methoxy groups -OCH3 is 1. The fourth-order valence-electron chi connectivity index (χ4n) is 5.00. The number of aromatic nitrogens is 1. The summed E-state index contributed by atoms with van der Waals surface area (Å²) < 4.78 is 5.72. The Morgan fingerprint density at radius 3 is 2.54 bits per heavy atom. The first kappa shape index (κ1) is 24.9. The minimum Gasteiger partial charge on any atom is -0.494 e. The summed E-state index contributed by atoms with van der Waals surface area (Å²) in [6, 6.07) is 16.3. The molecule has 0 unspecified atom stereocenters. The molecule has 0 atom stereocenters. The monoisotopic (exact) mass is 500 g/mol. The number of nitrogens with zero attached hydrogens (tertiary/aromatic N) is 4. The minimum absolute atomic E-state index is 0.0478. The minimum atomic E-state index is -0.0478. The predicted molar refractivity (Wildman–Crippen MR) is 151 cm³/mol. The van der Waals surface area contributed by atoms with E-state index >= 15 is 0 Å². The predicted octanol–water partition coefficient (Wildman–Crippen LogP) is 4.87. The molecule has 0 radical (unpaired) electrons. The summed E-state index contributed by atoms with van der Waals surface area (Å²) in [4.78, 5) is 24.0. The Kier molecular flexibility index (Phi) is 7.19. The van der Waals surface area contributed by atoms with Crippen LogP contribution in [-0.2, 0) is 11.2 Å². The summed E-state index contributed by atoms with van der Waals surface area (Å²) in [5, 5.41) is 6.94. The van der Waals surface area contributed by atoms with Gasteiger partial charge >= 0.3 is 0 Å². The molecule has 1 fully saturated rings. The molecule has 1 amide bonds. The van der Waals surface area contributed by atoms with Crippen molar-refractivity contribution in [2.75, 3.05) is 67.3 Å². The number of amides is 1. The van der Waals surface area contributed by atoms with E-state index in [-0.39, 0.29) is 11.8 Å². The van der Waals surface area contributed by atoms with Crippen molar-refractivity contribution in [2.45, 2.75) is 20.3 Å². The highest BCUT2D eigenvalue weighted by Gasteiger charge is 2.28. The topological polar surface area (TPSA) is 73.0 Å². The molecule has 2 aromatic carbocycles. The number of ether oxygens (including phenoxy) is 1. The van der Waals surface area contributed by atoms with E-state index in [1.165, 1.54) is 5.56 Å². The number of likely N-dealkylation sites (N-methyl/N-ethyl adjacent to an activating group) is 1. The van der Waals surface area contributed by atoms with Crippen LogP contribution in [0.15, 0.2) is 54.7 Å². The zero-order valence-corrected chi connectivity index (χ0v) is 22.1. The first-order valence-electron chi connectivity index (χ1n) is 13.0. The van der Waals surface area contributed by atoms with Crippen molar-refractivity contribution in [3.8, 4) is 5.75 Å². The fourth-order valence-corrected chi connectivity index (χ4v) is 5.00. The van der Waals surface area contributed by atoms with Gasteiger partial charge in [0, 0.05) is 68.3 Å². The first-order chi connectivity index (χ1) is 17.9. The van der Waals surface area contributed by atoms with Crippen LogP contribution in [0.4, 0.5) is 34.3 Å². The third-order valence-corrected chi connectivity index (χ3v) is 7.11. The van der Waals surface area contributed by atoms with Crippen LogP contribution in [0.1, 0.15) is 19.4 Å². The highest BCUT2D eigenvalue weighted by atomic mass is 16.5. The van der Waals surface area contributed by atoms with Gasteiger partial charge in [-0.2, -0.15) is 0 Å². The summed E-state index contributed by atoms with van der Waals surface area (Å²) in [5.74, 6) is 1.59. The van der Waals surface area contributed by atoms with E-state index in [1.807, 2.05) is 49.1 Å². The standard InChI is InChI=1S/C29H36N6O2/c1-20(2)29(36)35-13-11-21-6-5-7-25(28(21)35)31-22-10-12-30-27(18-22)32-24-9-8-23(19-26(24)37-4)34-16-14-33(3)15-17-34/h5-10,12,18-20H,11,13-17H2,1-4H3,(H2,30,31,32). The van der Waals surface area contributed by atoms with E-state index in [0.717, 1.165) is 73.3 Å². The maximum Gasteiger partial charge on any atom is 0.229 e. The molecule has 2 aliphatic heterocycles. The summed E-state index contributed by atoms with van der Waals surface area (Å²) in [6.45, 7) is 8.74. The number of carbonyl (C=O) groups is 1. The van der Waals surface area contributed by atoms with Gasteiger partial charge in [-0.3, -0.25) is 4.79 Å². The van der Waals surface area contributed by atoms with Crippen LogP contribution in [0.3, 0.4) is 0 Å². The lowest BCUT2D eigenvalue weighted by Gasteiger charge is -2.34. The van der Waals surface area contributed by atoms with Gasteiger partial charge in [-0.05, 0) is 43.3 Å². The molecule has 3 aromatic rings. The number of para-hydroxylation sites is 1. The van der Waals surface area contributed by atoms with Gasteiger partial charge in [0.25, 0.3) is 0 Å². The fraction of sp³-hybridized carbons (Fsp3) is 0.379. The zero-order chi connectivity index (χ0) is 25.9. The van der Waals surface area contributed by atoms with Gasteiger partial charge in [0.2, 0.25) is 5.91 Å². The molecule has 5 rings (SSSR count). The van der Waals surface area contributed by atoms with Crippen LogP contribution in [-0.4, -0.2) is 62.7 Å². The molecule has 0 aliphatic carbocycles. The highest BCUT2D eigenvalue weighted by Crippen LogP contribution is 2.38. The Morgan fingerprint density at radius 1 is 0.973 bits per heavy atom. The molecule has 8 heteroatoms. The van der Waals surface area contributed by atoms with Gasteiger partial charge in [-0.1, -0.05) is 26.0 Å². The van der Waals surface area contributed by atoms with E-state index < -0.39 is 0 Å². The molecule has 194 valence electrons. The van der Waals surface area contributed by atoms with Crippen molar-refractivity contribution < 1.29 is 9.53 Å². The van der Waals surface area contributed by atoms with Crippen molar-refractivity contribution in [2.24, 2.45) is 5.92 Å². The molecule has 1 saturated heterocycles. The van der Waals surface area contributed by atoms with Crippen LogP contribution < -0.4 is 25.2 Å². The van der Waals surface area contributed by atoms with Gasteiger partial charge in [0.05, 0.1) is 24.2 Å². The molecule has 0 bridgehead atoms. The molecule has 2 N–H and O–H groups in total. The first-order valence-corrected chi connectivity index (χ1v) is 13.0. The lowest BCUT2D eigenvalue weighted by Crippen LogP contribution is -2.44. The van der Waals surface area contributed by atoms with Crippen LogP contribution in [0.5, 0.6) is 5.75 Å². The summed E-state index contributed by atoms with van der Waals surface area (Å²) >= 11 is 0. The molecule has 0 saturated carbocycles. The van der Waals surface area contributed by atoms with Gasteiger partial charge in [-0.15, -0.1) is 0 Å². The average Bonchev–Trinajstić information content (AvgIpc) is 3.34. The van der Waals surface area contributed by atoms with Crippen LogP contribution in [0, 0.1) is 5.92 Å². The zero-order valence-electron chi connectivity index (χ0n) is 22.1. The maximum atomic E-state index is 12.8. The number of hydrogen-bond acceptors (Lipinski definition) is 7. The maximum absolute atomic E-state index is 12.8.